The number of thiophene rings is 1. The number of nitrogens with one attached hydrogen (secondary N) is 1. The fraction of sp³-hybridized carbons (Fsp3) is 0.333. The Bertz CT molecular complexity index is 586. The lowest BCUT2D eigenvalue weighted by Crippen LogP contribution is -2.14. The molecule has 17 heavy (non-hydrogen) atoms. The van der Waals surface area contributed by atoms with E-state index in [0.717, 1.165) is 16.2 Å². The van der Waals surface area contributed by atoms with E-state index in [1.54, 1.807) is 0 Å². The maximum atomic E-state index is 11.8. The number of rotatable bonds is 3. The van der Waals surface area contributed by atoms with Gasteiger partial charge in [-0.25, -0.2) is 0 Å². The molecule has 2 heterocycles. The first kappa shape index (κ1) is 11.9. The van der Waals surface area contributed by atoms with Crippen LogP contribution in [0.4, 0.5) is 0 Å². The van der Waals surface area contributed by atoms with Crippen LogP contribution in [0.3, 0.4) is 0 Å². The van der Waals surface area contributed by atoms with Crippen LogP contribution in [0.15, 0.2) is 16.9 Å². The Morgan fingerprint density at radius 3 is 2.76 bits per heavy atom. The highest BCUT2D eigenvalue weighted by Crippen LogP contribution is 2.25. The summed E-state index contributed by atoms with van der Waals surface area (Å²) in [6.45, 7) is 3.94. The van der Waals surface area contributed by atoms with Crippen molar-refractivity contribution in [3.05, 3.63) is 32.9 Å². The van der Waals surface area contributed by atoms with Gasteiger partial charge in [-0.15, -0.1) is 11.3 Å². The number of aromatic hydroxyl groups is 1. The van der Waals surface area contributed by atoms with E-state index in [2.05, 4.69) is 9.97 Å². The average molecular weight is 250 g/mol. The van der Waals surface area contributed by atoms with E-state index in [0.29, 0.717) is 17.8 Å². The molecule has 0 bridgehead atoms. The van der Waals surface area contributed by atoms with Crippen molar-refractivity contribution in [1.29, 1.82) is 0 Å². The Labute approximate surface area is 103 Å². The molecule has 0 spiro atoms. The van der Waals surface area contributed by atoms with E-state index in [9.17, 15) is 9.90 Å². The molecule has 4 nitrogen and oxygen atoms in total. The molecule has 2 aromatic heterocycles. The topological polar surface area (TPSA) is 66.0 Å². The zero-order valence-electron chi connectivity index (χ0n) is 9.78. The molecule has 0 atom stereocenters. The first-order valence-corrected chi connectivity index (χ1v) is 6.32. The van der Waals surface area contributed by atoms with Crippen molar-refractivity contribution in [2.75, 3.05) is 0 Å². The van der Waals surface area contributed by atoms with Crippen LogP contribution in [0.2, 0.25) is 0 Å². The van der Waals surface area contributed by atoms with Gasteiger partial charge in [0.15, 0.2) is 5.82 Å². The van der Waals surface area contributed by atoms with Crippen LogP contribution in [-0.4, -0.2) is 15.1 Å². The maximum Gasteiger partial charge on any atom is 0.258 e. The number of aromatic nitrogens is 2. The molecule has 2 aromatic rings. The Balaban J connectivity index is 2.49. The second kappa shape index (κ2) is 4.71. The molecule has 0 aliphatic rings. The lowest BCUT2D eigenvalue weighted by atomic mass is 10.2. The van der Waals surface area contributed by atoms with Crippen molar-refractivity contribution in [2.24, 2.45) is 0 Å². The third-order valence-corrected chi connectivity index (χ3v) is 3.47. The van der Waals surface area contributed by atoms with Crippen molar-refractivity contribution in [3.63, 3.8) is 0 Å². The summed E-state index contributed by atoms with van der Waals surface area (Å²) in [6, 6.07) is 3.84. The zero-order valence-corrected chi connectivity index (χ0v) is 10.6. The molecule has 0 saturated carbocycles. The molecule has 5 heteroatoms. The molecule has 0 unspecified atom stereocenters. The third-order valence-electron chi connectivity index (χ3n) is 2.47. The lowest BCUT2D eigenvalue weighted by molar-refractivity contribution is 0.443. The molecule has 0 aliphatic carbocycles. The summed E-state index contributed by atoms with van der Waals surface area (Å²) in [4.78, 5) is 20.5. The highest BCUT2D eigenvalue weighted by molar-refractivity contribution is 7.15. The van der Waals surface area contributed by atoms with Gasteiger partial charge in [0.1, 0.15) is 0 Å². The molecule has 2 N–H and O–H groups in total. The first-order chi connectivity index (χ1) is 8.11. The van der Waals surface area contributed by atoms with Gasteiger partial charge in [0.05, 0.1) is 10.4 Å². The van der Waals surface area contributed by atoms with E-state index in [1.165, 1.54) is 11.3 Å². The van der Waals surface area contributed by atoms with E-state index in [-0.39, 0.29) is 11.4 Å². The average Bonchev–Trinajstić information content (AvgIpc) is 2.70. The summed E-state index contributed by atoms with van der Waals surface area (Å²) in [7, 11) is 0. The molecule has 0 fully saturated rings. The van der Waals surface area contributed by atoms with Gasteiger partial charge in [-0.2, -0.15) is 4.98 Å². The molecule has 0 aliphatic heterocycles. The molecule has 2 rings (SSSR count). The smallest absolute Gasteiger partial charge is 0.258 e. The summed E-state index contributed by atoms with van der Waals surface area (Å²) in [6.07, 6.45) is 1.34. The third kappa shape index (κ3) is 2.39. The highest BCUT2D eigenvalue weighted by Gasteiger charge is 2.11. The predicted molar refractivity (Wildman–Crippen MR) is 68.6 cm³/mol. The monoisotopic (exact) mass is 250 g/mol. The molecule has 90 valence electrons. The Hall–Kier alpha value is -1.62. The van der Waals surface area contributed by atoms with Crippen LogP contribution in [0.1, 0.15) is 23.8 Å². The molecule has 0 saturated heterocycles. The second-order valence-electron chi connectivity index (χ2n) is 3.88. The minimum Gasteiger partial charge on any atom is -0.493 e. The van der Waals surface area contributed by atoms with Crippen LogP contribution in [0.25, 0.3) is 10.7 Å². The second-order valence-corrected chi connectivity index (χ2v) is 5.16. The largest absolute Gasteiger partial charge is 0.493 e. The van der Waals surface area contributed by atoms with Crippen molar-refractivity contribution in [2.45, 2.75) is 26.7 Å². The van der Waals surface area contributed by atoms with E-state index in [1.807, 2.05) is 26.0 Å². The van der Waals surface area contributed by atoms with E-state index < -0.39 is 0 Å². The van der Waals surface area contributed by atoms with E-state index >= 15 is 0 Å². The number of hydrogen-bond donors (Lipinski definition) is 2. The summed E-state index contributed by atoms with van der Waals surface area (Å²) in [5.74, 6) is 0.280. The Morgan fingerprint density at radius 1 is 1.47 bits per heavy atom. The van der Waals surface area contributed by atoms with Gasteiger partial charge in [0.2, 0.25) is 5.88 Å². The molecular formula is C12H14N2O2S. The zero-order chi connectivity index (χ0) is 12.4. The number of H-pyrrole nitrogens is 1. The van der Waals surface area contributed by atoms with Crippen molar-refractivity contribution in [1.82, 2.24) is 9.97 Å². The number of aryl methyl sites for hydroxylation is 1. The summed E-state index contributed by atoms with van der Waals surface area (Å²) >= 11 is 1.53. The normalized spacial score (nSPS) is 10.7. The highest BCUT2D eigenvalue weighted by atomic mass is 32.1. The summed E-state index contributed by atoms with van der Waals surface area (Å²) in [5, 5.41) is 9.74. The predicted octanol–water partition coefficient (Wildman–Crippen LogP) is 2.46. The Morgan fingerprint density at radius 2 is 2.24 bits per heavy atom. The molecule has 0 aromatic carbocycles. The van der Waals surface area contributed by atoms with Crippen LogP contribution in [0.5, 0.6) is 5.88 Å². The SMILES string of the molecule is CCCc1c(O)nc(-c2ccc(C)s2)[nH]c1=O. The minimum absolute atomic E-state index is 0.156. The van der Waals surface area contributed by atoms with Gasteiger partial charge in [-0.1, -0.05) is 13.3 Å². The number of hydrogen-bond acceptors (Lipinski definition) is 4. The van der Waals surface area contributed by atoms with Gasteiger partial charge in [-0.05, 0) is 25.5 Å². The summed E-state index contributed by atoms with van der Waals surface area (Å²) < 4.78 is 0. The van der Waals surface area contributed by atoms with Gasteiger partial charge in [0, 0.05) is 4.88 Å². The van der Waals surface area contributed by atoms with E-state index in [4.69, 9.17) is 0 Å². The minimum atomic E-state index is -0.250. The van der Waals surface area contributed by atoms with Gasteiger partial charge in [-0.3, -0.25) is 4.79 Å². The summed E-state index contributed by atoms with van der Waals surface area (Å²) in [5.41, 5.74) is 0.116. The Kier molecular flexibility index (Phi) is 3.28. The van der Waals surface area contributed by atoms with Gasteiger partial charge in [0.25, 0.3) is 5.56 Å². The fourth-order valence-corrected chi connectivity index (χ4v) is 2.45. The van der Waals surface area contributed by atoms with Crippen molar-refractivity contribution >= 4 is 11.3 Å². The fourth-order valence-electron chi connectivity index (χ4n) is 1.64. The molecule has 0 amide bonds. The van der Waals surface area contributed by atoms with Crippen LogP contribution >= 0.6 is 11.3 Å². The van der Waals surface area contributed by atoms with Gasteiger partial charge >= 0.3 is 0 Å². The maximum absolute atomic E-state index is 11.8. The lowest BCUT2D eigenvalue weighted by Gasteiger charge is -2.03. The van der Waals surface area contributed by atoms with Crippen LogP contribution in [0, 0.1) is 6.92 Å². The first-order valence-electron chi connectivity index (χ1n) is 5.50. The van der Waals surface area contributed by atoms with Crippen LogP contribution < -0.4 is 5.56 Å². The van der Waals surface area contributed by atoms with Gasteiger partial charge < -0.3 is 10.1 Å². The quantitative estimate of drug-likeness (QED) is 0.879. The molecule has 0 radical (unpaired) electrons. The van der Waals surface area contributed by atoms with Crippen molar-refractivity contribution in [3.8, 4) is 16.6 Å². The molecular weight excluding hydrogens is 236 g/mol. The number of nitrogens with zero attached hydrogens (tertiary/aromatic N) is 1. The standard InChI is InChI=1S/C12H14N2O2S/c1-3-4-8-11(15)13-10(14-12(8)16)9-6-5-7(2)17-9/h5-6H,3-4H2,1-2H3,(H2,13,14,15,16). The number of aromatic amines is 1. The van der Waals surface area contributed by atoms with Crippen LogP contribution in [-0.2, 0) is 6.42 Å². The van der Waals surface area contributed by atoms with Crippen molar-refractivity contribution < 1.29 is 5.11 Å².